The molecule has 0 saturated carbocycles. The van der Waals surface area contributed by atoms with E-state index in [9.17, 15) is 4.39 Å². The van der Waals surface area contributed by atoms with Gasteiger partial charge in [0.15, 0.2) is 10.9 Å². The van der Waals surface area contributed by atoms with Gasteiger partial charge in [0.2, 0.25) is 0 Å². The average molecular weight is 458 g/mol. The maximum atomic E-state index is 13.9. The van der Waals surface area contributed by atoms with Crippen molar-refractivity contribution in [2.45, 2.75) is 13.5 Å². The van der Waals surface area contributed by atoms with Crippen molar-refractivity contribution in [1.82, 2.24) is 19.6 Å². The summed E-state index contributed by atoms with van der Waals surface area (Å²) in [6.45, 7) is 2.13. The number of anilines is 2. The fourth-order valence-corrected chi connectivity index (χ4v) is 3.13. The lowest BCUT2D eigenvalue weighted by atomic mass is 10.2. The lowest BCUT2D eigenvalue weighted by Gasteiger charge is -2.08. The fraction of sp³-hybridized carbons (Fsp3) is 0.188. The molecule has 2 aromatic heterocycles. The van der Waals surface area contributed by atoms with E-state index in [1.807, 2.05) is 14.0 Å². The smallest absolute Gasteiger partial charge is 0.176 e. The number of nitrogens with one attached hydrogen (secondary N) is 2. The van der Waals surface area contributed by atoms with Crippen LogP contribution in [0.5, 0.6) is 0 Å². The standard InChI is InChI=1S/C16H15BrClFN6S/c1-9-14(6-20-24(9)2)21-16(26)22-15-11(17)8-25(23-15)7-10-12(18)4-3-5-13(10)19/h3-6,8H,7H2,1-2H3,(H2,21,22,23,26). The van der Waals surface area contributed by atoms with Crippen LogP contribution in [0.2, 0.25) is 5.02 Å². The predicted molar refractivity (Wildman–Crippen MR) is 108 cm³/mol. The molecule has 0 fully saturated rings. The number of nitrogens with zero attached hydrogens (tertiary/aromatic N) is 4. The van der Waals surface area contributed by atoms with E-state index < -0.39 is 0 Å². The van der Waals surface area contributed by atoms with Crippen LogP contribution in [0, 0.1) is 12.7 Å². The number of aromatic nitrogens is 4. The lowest BCUT2D eigenvalue weighted by Crippen LogP contribution is -2.20. The first kappa shape index (κ1) is 18.8. The van der Waals surface area contributed by atoms with Crippen LogP contribution in [-0.4, -0.2) is 24.7 Å². The number of rotatable bonds is 4. The minimum absolute atomic E-state index is 0.202. The molecule has 0 amide bonds. The van der Waals surface area contributed by atoms with E-state index in [1.54, 1.807) is 33.9 Å². The molecular formula is C16H15BrClFN6S. The van der Waals surface area contributed by atoms with Crippen molar-refractivity contribution < 1.29 is 4.39 Å². The monoisotopic (exact) mass is 456 g/mol. The zero-order valence-electron chi connectivity index (χ0n) is 13.9. The van der Waals surface area contributed by atoms with Gasteiger partial charge >= 0.3 is 0 Å². The first-order chi connectivity index (χ1) is 12.3. The Kier molecular flexibility index (Phi) is 5.59. The van der Waals surface area contributed by atoms with Gasteiger partial charge in [0, 0.05) is 23.8 Å². The van der Waals surface area contributed by atoms with Crippen molar-refractivity contribution in [3.8, 4) is 0 Å². The van der Waals surface area contributed by atoms with Gasteiger partial charge in [0.1, 0.15) is 5.82 Å². The number of halogens is 3. The van der Waals surface area contributed by atoms with Crippen molar-refractivity contribution in [3.63, 3.8) is 0 Å². The van der Waals surface area contributed by atoms with Crippen molar-refractivity contribution >= 4 is 56.4 Å². The molecule has 10 heteroatoms. The summed E-state index contributed by atoms with van der Waals surface area (Å²) in [4.78, 5) is 0. The van der Waals surface area contributed by atoms with Crippen LogP contribution < -0.4 is 10.6 Å². The van der Waals surface area contributed by atoms with Gasteiger partial charge in [-0.3, -0.25) is 9.36 Å². The highest BCUT2D eigenvalue weighted by Crippen LogP contribution is 2.24. The number of aryl methyl sites for hydroxylation is 1. The maximum Gasteiger partial charge on any atom is 0.176 e. The minimum Gasteiger partial charge on any atom is -0.330 e. The Morgan fingerprint density at radius 3 is 2.81 bits per heavy atom. The molecule has 26 heavy (non-hydrogen) atoms. The molecule has 0 aliphatic heterocycles. The summed E-state index contributed by atoms with van der Waals surface area (Å²) in [5, 5.41) is 15.3. The lowest BCUT2D eigenvalue weighted by molar-refractivity contribution is 0.586. The largest absolute Gasteiger partial charge is 0.330 e. The molecule has 0 aliphatic carbocycles. The van der Waals surface area contributed by atoms with Crippen LogP contribution in [-0.2, 0) is 13.6 Å². The van der Waals surface area contributed by atoms with Crippen molar-refractivity contribution in [2.75, 3.05) is 10.6 Å². The molecule has 0 aliphatic rings. The van der Waals surface area contributed by atoms with E-state index in [-0.39, 0.29) is 12.4 Å². The van der Waals surface area contributed by atoms with Gasteiger partial charge in [-0.25, -0.2) is 4.39 Å². The Morgan fingerprint density at radius 2 is 2.15 bits per heavy atom. The molecule has 6 nitrogen and oxygen atoms in total. The fourth-order valence-electron chi connectivity index (χ4n) is 2.29. The second-order valence-corrected chi connectivity index (χ2v) is 7.24. The van der Waals surface area contributed by atoms with Gasteiger partial charge in [-0.15, -0.1) is 0 Å². The highest BCUT2D eigenvalue weighted by Gasteiger charge is 2.13. The van der Waals surface area contributed by atoms with Crippen LogP contribution in [0.4, 0.5) is 15.9 Å². The Bertz CT molecular complexity index is 950. The van der Waals surface area contributed by atoms with Crippen LogP contribution >= 0.6 is 39.7 Å². The van der Waals surface area contributed by atoms with E-state index >= 15 is 0 Å². The second-order valence-electron chi connectivity index (χ2n) is 5.57. The van der Waals surface area contributed by atoms with Gasteiger partial charge in [-0.1, -0.05) is 17.7 Å². The van der Waals surface area contributed by atoms with Crippen molar-refractivity contribution in [3.05, 3.63) is 57.2 Å². The third-order valence-corrected chi connectivity index (χ3v) is 4.95. The minimum atomic E-state index is -0.372. The summed E-state index contributed by atoms with van der Waals surface area (Å²) in [5.41, 5.74) is 2.13. The summed E-state index contributed by atoms with van der Waals surface area (Å²) >= 11 is 14.8. The summed E-state index contributed by atoms with van der Waals surface area (Å²) in [7, 11) is 1.85. The van der Waals surface area contributed by atoms with Crippen molar-refractivity contribution in [2.24, 2.45) is 7.05 Å². The Balaban J connectivity index is 1.72. The molecule has 0 bridgehead atoms. The second kappa shape index (κ2) is 7.73. The van der Waals surface area contributed by atoms with Crippen LogP contribution in [0.25, 0.3) is 0 Å². The summed E-state index contributed by atoms with van der Waals surface area (Å²) in [5.74, 6) is 0.138. The molecule has 0 atom stereocenters. The zero-order chi connectivity index (χ0) is 18.8. The third kappa shape index (κ3) is 4.05. The number of benzene rings is 1. The van der Waals surface area contributed by atoms with Gasteiger partial charge < -0.3 is 10.6 Å². The Labute approximate surface area is 168 Å². The normalized spacial score (nSPS) is 10.8. The van der Waals surface area contributed by atoms with Crippen molar-refractivity contribution in [1.29, 1.82) is 0 Å². The quantitative estimate of drug-likeness (QED) is 0.571. The number of hydrogen-bond donors (Lipinski definition) is 2. The molecule has 1 aromatic carbocycles. The SMILES string of the molecule is Cc1c(NC(=S)Nc2nn(Cc3c(F)cccc3Cl)cc2Br)cnn1C. The predicted octanol–water partition coefficient (Wildman–Crippen LogP) is 4.34. The van der Waals surface area contributed by atoms with Crippen LogP contribution in [0.3, 0.4) is 0 Å². The van der Waals surface area contributed by atoms with Gasteiger partial charge in [0.05, 0.1) is 28.6 Å². The van der Waals surface area contributed by atoms with E-state index in [2.05, 4.69) is 36.8 Å². The molecule has 0 radical (unpaired) electrons. The molecular weight excluding hydrogens is 443 g/mol. The molecule has 136 valence electrons. The summed E-state index contributed by atoms with van der Waals surface area (Å²) in [6.07, 6.45) is 3.42. The van der Waals surface area contributed by atoms with Gasteiger partial charge in [0.25, 0.3) is 0 Å². The summed E-state index contributed by atoms with van der Waals surface area (Å²) < 4.78 is 18.0. The van der Waals surface area contributed by atoms with E-state index in [1.165, 1.54) is 6.07 Å². The van der Waals surface area contributed by atoms with Gasteiger partial charge in [-0.2, -0.15) is 10.2 Å². The number of hydrogen-bond acceptors (Lipinski definition) is 3. The Morgan fingerprint density at radius 1 is 1.38 bits per heavy atom. The molecule has 3 aromatic rings. The molecule has 2 heterocycles. The summed E-state index contributed by atoms with van der Waals surface area (Å²) in [6, 6.07) is 4.58. The molecule has 0 saturated heterocycles. The zero-order valence-corrected chi connectivity index (χ0v) is 17.1. The topological polar surface area (TPSA) is 59.7 Å². The van der Waals surface area contributed by atoms with Crippen LogP contribution in [0.15, 0.2) is 35.1 Å². The van der Waals surface area contributed by atoms with Crippen LogP contribution in [0.1, 0.15) is 11.3 Å². The highest BCUT2D eigenvalue weighted by molar-refractivity contribution is 9.10. The number of thiocarbonyl (C=S) groups is 1. The Hall–Kier alpha value is -1.97. The third-order valence-electron chi connectivity index (χ3n) is 3.81. The van der Waals surface area contributed by atoms with E-state index in [4.69, 9.17) is 23.8 Å². The van der Waals surface area contributed by atoms with E-state index in [0.717, 1.165) is 11.4 Å². The first-order valence-electron chi connectivity index (χ1n) is 7.57. The molecule has 2 N–H and O–H groups in total. The van der Waals surface area contributed by atoms with Gasteiger partial charge in [-0.05, 0) is 47.2 Å². The maximum absolute atomic E-state index is 13.9. The highest BCUT2D eigenvalue weighted by atomic mass is 79.9. The molecule has 0 spiro atoms. The van der Waals surface area contributed by atoms with E-state index in [0.29, 0.717) is 26.0 Å². The first-order valence-corrected chi connectivity index (χ1v) is 9.15. The average Bonchev–Trinajstić information content (AvgIpc) is 3.08. The molecule has 3 rings (SSSR count). The molecule has 0 unspecified atom stereocenters.